The number of aromatic nitrogens is 3. The van der Waals surface area contributed by atoms with Gasteiger partial charge in [-0.25, -0.2) is 0 Å². The molecule has 1 aromatic heterocycles. The van der Waals surface area contributed by atoms with Crippen molar-refractivity contribution in [2.75, 3.05) is 19.8 Å². The summed E-state index contributed by atoms with van der Waals surface area (Å²) in [5.41, 5.74) is 0.930. The molecule has 0 radical (unpaired) electrons. The number of nitrogens with zero attached hydrogens (tertiary/aromatic N) is 4. The van der Waals surface area contributed by atoms with Gasteiger partial charge in [-0.3, -0.25) is 14.4 Å². The second kappa shape index (κ2) is 10.2. The zero-order valence-corrected chi connectivity index (χ0v) is 22.5. The number of aliphatic hydroxyl groups is 4. The normalized spacial score (nSPS) is 39.8. The Morgan fingerprint density at radius 2 is 1.65 bits per heavy atom. The molecule has 4 aliphatic carbocycles. The summed E-state index contributed by atoms with van der Waals surface area (Å²) < 4.78 is 2.04. The second-order valence-electron chi connectivity index (χ2n) is 13.5. The average molecular weight is 520 g/mol. The molecule has 5 unspecified atom stereocenters. The highest BCUT2D eigenvalue weighted by Gasteiger charge is 2.51. The zero-order chi connectivity index (χ0) is 26.5. The van der Waals surface area contributed by atoms with E-state index >= 15 is 0 Å². The van der Waals surface area contributed by atoms with Crippen LogP contribution in [0.15, 0.2) is 6.20 Å². The zero-order valence-electron chi connectivity index (χ0n) is 22.5. The Bertz CT molecular complexity index is 931. The molecule has 0 aromatic carbocycles. The average Bonchev–Trinajstić information content (AvgIpc) is 3.21. The highest BCUT2D eigenvalue weighted by Crippen LogP contribution is 2.60. The molecule has 5 N–H and O–H groups in total. The molecular formula is C27H45N5O5. The van der Waals surface area contributed by atoms with Crippen LogP contribution in [0.5, 0.6) is 0 Å². The summed E-state index contributed by atoms with van der Waals surface area (Å²) in [4.78, 5) is 13.6. The van der Waals surface area contributed by atoms with Crippen LogP contribution in [0, 0.1) is 28.6 Å². The number of hydrogen-bond acceptors (Lipinski definition) is 8. The van der Waals surface area contributed by atoms with Gasteiger partial charge in [0.25, 0.3) is 0 Å². The SMILES string of the molecule is CC(=O)NC1C(O)C(O)C(CO)N(CC(C)(C)Cc2cn(CC34CC5CC(CC(C5)C3)C4)nn2)C1CO. The minimum absolute atomic E-state index is 0.331. The number of piperidine rings is 1. The number of carbonyl (C=O) groups excluding carboxylic acids is 1. The monoisotopic (exact) mass is 519 g/mol. The molecule has 37 heavy (non-hydrogen) atoms. The fraction of sp³-hybridized carbons (Fsp3) is 0.889. The van der Waals surface area contributed by atoms with Crippen LogP contribution in [0.3, 0.4) is 0 Å². The molecule has 208 valence electrons. The van der Waals surface area contributed by atoms with E-state index in [0.717, 1.165) is 30.0 Å². The standard InChI is InChI=1S/C27H45N5O5/c1-16(35)28-23-21(12-33)32(22(13-34)24(36)25(23)37)14-26(2,3)10-20-11-31(30-29-20)15-27-7-17-4-18(8-27)6-19(5-17)9-27/h11,17-19,21-25,33-34,36-37H,4-10,12-15H2,1-3H3,(H,28,35). The van der Waals surface area contributed by atoms with Crippen molar-refractivity contribution in [3.05, 3.63) is 11.9 Å². The van der Waals surface area contributed by atoms with E-state index in [4.69, 9.17) is 0 Å². The first-order chi connectivity index (χ1) is 17.5. The Kier molecular flexibility index (Phi) is 7.43. The summed E-state index contributed by atoms with van der Waals surface area (Å²) in [5, 5.41) is 53.3. The van der Waals surface area contributed by atoms with Crippen molar-refractivity contribution < 1.29 is 25.2 Å². The number of likely N-dealkylation sites (tertiary alicyclic amines) is 1. The molecule has 4 saturated carbocycles. The van der Waals surface area contributed by atoms with Gasteiger partial charge in [0, 0.05) is 26.2 Å². The van der Waals surface area contributed by atoms with Gasteiger partial charge in [0.2, 0.25) is 5.91 Å². The first kappa shape index (κ1) is 27.0. The first-order valence-corrected chi connectivity index (χ1v) is 14.0. The number of hydrogen-bond donors (Lipinski definition) is 5. The molecule has 4 bridgehead atoms. The summed E-state index contributed by atoms with van der Waals surface area (Å²) in [7, 11) is 0. The van der Waals surface area contributed by atoms with Crippen molar-refractivity contribution in [1.82, 2.24) is 25.2 Å². The van der Waals surface area contributed by atoms with Gasteiger partial charge < -0.3 is 25.7 Å². The van der Waals surface area contributed by atoms with Crippen molar-refractivity contribution in [2.45, 2.75) is 103 Å². The molecule has 2 heterocycles. The largest absolute Gasteiger partial charge is 0.395 e. The Morgan fingerprint density at radius 1 is 1.05 bits per heavy atom. The summed E-state index contributed by atoms with van der Waals surface area (Å²) in [6, 6.07) is -2.26. The van der Waals surface area contributed by atoms with Crippen LogP contribution in [0.2, 0.25) is 0 Å². The van der Waals surface area contributed by atoms with Crippen LogP contribution in [0.25, 0.3) is 0 Å². The maximum Gasteiger partial charge on any atom is 0.217 e. The second-order valence-corrected chi connectivity index (χ2v) is 13.5. The molecular weight excluding hydrogens is 474 g/mol. The van der Waals surface area contributed by atoms with Crippen LogP contribution in [-0.4, -0.2) is 96.3 Å². The number of amides is 1. The molecule has 1 aliphatic heterocycles. The van der Waals surface area contributed by atoms with Gasteiger partial charge in [-0.1, -0.05) is 19.1 Å². The van der Waals surface area contributed by atoms with E-state index in [2.05, 4.69) is 35.7 Å². The topological polar surface area (TPSA) is 144 Å². The summed E-state index contributed by atoms with van der Waals surface area (Å²) >= 11 is 0. The third-order valence-corrected chi connectivity index (χ3v) is 9.64. The Hall–Kier alpha value is -1.59. The molecule has 5 fully saturated rings. The van der Waals surface area contributed by atoms with Crippen LogP contribution >= 0.6 is 0 Å². The molecule has 10 nitrogen and oxygen atoms in total. The Morgan fingerprint density at radius 3 is 2.19 bits per heavy atom. The van der Waals surface area contributed by atoms with Gasteiger partial charge >= 0.3 is 0 Å². The molecule has 6 rings (SSSR count). The summed E-state index contributed by atoms with van der Waals surface area (Å²) in [5.74, 6) is 2.33. The Balaban J connectivity index is 1.27. The van der Waals surface area contributed by atoms with E-state index in [1.54, 1.807) is 0 Å². The van der Waals surface area contributed by atoms with Crippen molar-refractivity contribution in [3.8, 4) is 0 Å². The van der Waals surface area contributed by atoms with Crippen LogP contribution < -0.4 is 5.32 Å². The fourth-order valence-corrected chi connectivity index (χ4v) is 8.76. The smallest absolute Gasteiger partial charge is 0.217 e. The van der Waals surface area contributed by atoms with Gasteiger partial charge in [-0.15, -0.1) is 5.10 Å². The lowest BCUT2D eigenvalue weighted by atomic mass is 9.49. The molecule has 1 saturated heterocycles. The number of nitrogens with one attached hydrogen (secondary N) is 1. The lowest BCUT2D eigenvalue weighted by molar-refractivity contribution is -0.149. The molecule has 5 atom stereocenters. The third-order valence-electron chi connectivity index (χ3n) is 9.64. The van der Waals surface area contributed by atoms with Gasteiger partial charge in [-0.2, -0.15) is 0 Å². The lowest BCUT2D eigenvalue weighted by Crippen LogP contribution is -2.72. The summed E-state index contributed by atoms with van der Waals surface area (Å²) in [6.45, 7) is 6.16. The predicted octanol–water partition coefficient (Wildman–Crippen LogP) is 0.327. The molecule has 0 spiro atoms. The quantitative estimate of drug-likeness (QED) is 0.314. The van der Waals surface area contributed by atoms with Crippen LogP contribution in [-0.2, 0) is 17.8 Å². The molecule has 1 amide bonds. The minimum atomic E-state index is -1.29. The van der Waals surface area contributed by atoms with E-state index in [1.807, 2.05) is 9.58 Å². The van der Waals surface area contributed by atoms with Crippen molar-refractivity contribution in [2.24, 2.45) is 28.6 Å². The molecule has 10 heteroatoms. The third kappa shape index (κ3) is 5.45. The van der Waals surface area contributed by atoms with Gasteiger partial charge in [0.15, 0.2) is 0 Å². The van der Waals surface area contributed by atoms with Gasteiger partial charge in [0.1, 0.15) is 6.10 Å². The Labute approximate surface area is 219 Å². The first-order valence-electron chi connectivity index (χ1n) is 14.0. The molecule has 5 aliphatic rings. The predicted molar refractivity (Wildman–Crippen MR) is 136 cm³/mol. The highest BCUT2D eigenvalue weighted by atomic mass is 16.3. The number of carbonyl (C=O) groups is 1. The van der Waals surface area contributed by atoms with Gasteiger partial charge in [0.05, 0.1) is 43.1 Å². The van der Waals surface area contributed by atoms with Crippen LogP contribution in [0.4, 0.5) is 0 Å². The number of rotatable bonds is 9. The van der Waals surface area contributed by atoms with Crippen LogP contribution in [0.1, 0.15) is 65.0 Å². The van der Waals surface area contributed by atoms with Crippen molar-refractivity contribution in [1.29, 1.82) is 0 Å². The van der Waals surface area contributed by atoms with Crippen molar-refractivity contribution in [3.63, 3.8) is 0 Å². The minimum Gasteiger partial charge on any atom is -0.395 e. The van der Waals surface area contributed by atoms with E-state index in [0.29, 0.717) is 18.4 Å². The highest BCUT2D eigenvalue weighted by molar-refractivity contribution is 5.73. The summed E-state index contributed by atoms with van der Waals surface area (Å²) in [6.07, 6.45) is 8.38. The van der Waals surface area contributed by atoms with E-state index in [-0.39, 0.29) is 24.5 Å². The maximum absolute atomic E-state index is 11.8. The van der Waals surface area contributed by atoms with Gasteiger partial charge in [-0.05, 0) is 73.5 Å². The number of aliphatic hydroxyl groups excluding tert-OH is 4. The molecule has 1 aromatic rings. The van der Waals surface area contributed by atoms with E-state index in [9.17, 15) is 25.2 Å². The van der Waals surface area contributed by atoms with E-state index < -0.39 is 30.3 Å². The van der Waals surface area contributed by atoms with Crippen molar-refractivity contribution >= 4 is 5.91 Å². The lowest BCUT2D eigenvalue weighted by Gasteiger charge is -2.56. The van der Waals surface area contributed by atoms with E-state index in [1.165, 1.54) is 45.4 Å². The fourth-order valence-electron chi connectivity index (χ4n) is 8.76. The maximum atomic E-state index is 11.8.